The van der Waals surface area contributed by atoms with Crippen LogP contribution in [0.1, 0.15) is 13.8 Å². The first-order chi connectivity index (χ1) is 7.25. The van der Waals surface area contributed by atoms with Crippen LogP contribution in [-0.4, -0.2) is 18.9 Å². The Morgan fingerprint density at radius 2 is 2.33 bits per heavy atom. The first-order valence-corrected chi connectivity index (χ1v) is 6.38. The van der Waals surface area contributed by atoms with Crippen LogP contribution in [0.4, 0.5) is 5.69 Å². The summed E-state index contributed by atoms with van der Waals surface area (Å²) in [6.07, 6.45) is 0. The maximum absolute atomic E-state index is 5.53. The minimum Gasteiger partial charge on any atom is -0.490 e. The molecule has 82 valence electrons. The van der Waals surface area contributed by atoms with Gasteiger partial charge in [-0.05, 0) is 24.1 Å². The van der Waals surface area contributed by atoms with Crippen LogP contribution >= 0.6 is 11.8 Å². The molecule has 1 aliphatic rings. The number of fused-ring (bicyclic) bond motifs is 1. The molecule has 0 aliphatic carbocycles. The first kappa shape index (κ1) is 10.7. The Labute approximate surface area is 95.4 Å². The summed E-state index contributed by atoms with van der Waals surface area (Å²) in [6.45, 7) is 6.16. The Hall–Kier alpha value is -0.830. The van der Waals surface area contributed by atoms with Gasteiger partial charge in [-0.25, -0.2) is 0 Å². The zero-order chi connectivity index (χ0) is 10.7. The second-order valence-electron chi connectivity index (χ2n) is 4.14. The molecule has 0 radical (unpaired) electrons. The first-order valence-electron chi connectivity index (χ1n) is 5.39. The van der Waals surface area contributed by atoms with E-state index < -0.39 is 0 Å². The minimum atomic E-state index is 0.732. The van der Waals surface area contributed by atoms with Crippen LogP contribution in [0.2, 0.25) is 0 Å². The van der Waals surface area contributed by atoms with E-state index in [1.807, 2.05) is 11.8 Å². The van der Waals surface area contributed by atoms with Gasteiger partial charge in [0.15, 0.2) is 0 Å². The Morgan fingerprint density at radius 3 is 3.13 bits per heavy atom. The van der Waals surface area contributed by atoms with Gasteiger partial charge in [0.2, 0.25) is 0 Å². The van der Waals surface area contributed by atoms with Crippen LogP contribution in [0.3, 0.4) is 0 Å². The van der Waals surface area contributed by atoms with E-state index in [4.69, 9.17) is 4.74 Å². The average Bonchev–Trinajstić information content (AvgIpc) is 2.26. The minimum absolute atomic E-state index is 0.732. The number of rotatable bonds is 3. The predicted octanol–water partition coefficient (Wildman–Crippen LogP) is 3.24. The average molecular weight is 223 g/mol. The van der Waals surface area contributed by atoms with E-state index in [9.17, 15) is 0 Å². The van der Waals surface area contributed by atoms with Crippen molar-refractivity contribution in [3.05, 3.63) is 18.2 Å². The molecular formula is C12H17NOS. The van der Waals surface area contributed by atoms with Crippen molar-refractivity contribution in [3.63, 3.8) is 0 Å². The summed E-state index contributed by atoms with van der Waals surface area (Å²) >= 11 is 1.91. The van der Waals surface area contributed by atoms with Gasteiger partial charge in [0.1, 0.15) is 12.4 Å². The lowest BCUT2D eigenvalue weighted by Crippen LogP contribution is -2.17. The summed E-state index contributed by atoms with van der Waals surface area (Å²) in [6, 6.07) is 6.38. The normalized spacial score (nSPS) is 14.3. The maximum Gasteiger partial charge on any atom is 0.142 e. The molecule has 2 nitrogen and oxygen atoms in total. The van der Waals surface area contributed by atoms with Gasteiger partial charge in [-0.15, -0.1) is 11.8 Å². The second-order valence-corrected chi connectivity index (χ2v) is 5.23. The smallest absolute Gasteiger partial charge is 0.142 e. The molecule has 0 fully saturated rings. The summed E-state index contributed by atoms with van der Waals surface area (Å²) < 4.78 is 5.53. The lowest BCUT2D eigenvalue weighted by molar-refractivity contribution is 0.323. The van der Waals surface area contributed by atoms with E-state index >= 15 is 0 Å². The molecule has 0 saturated heterocycles. The predicted molar refractivity (Wildman–Crippen MR) is 66.0 cm³/mol. The molecule has 0 unspecified atom stereocenters. The van der Waals surface area contributed by atoms with Gasteiger partial charge < -0.3 is 10.1 Å². The Kier molecular flexibility index (Phi) is 3.41. The van der Waals surface area contributed by atoms with Crippen LogP contribution in [0.25, 0.3) is 0 Å². The highest BCUT2D eigenvalue weighted by atomic mass is 32.2. The summed E-state index contributed by atoms with van der Waals surface area (Å²) in [5.41, 5.74) is 1.13. The summed E-state index contributed by atoms with van der Waals surface area (Å²) in [7, 11) is 0. The van der Waals surface area contributed by atoms with E-state index in [0.29, 0.717) is 0 Å². The van der Waals surface area contributed by atoms with Crippen molar-refractivity contribution in [1.82, 2.24) is 0 Å². The number of ether oxygens (including phenoxy) is 1. The third kappa shape index (κ3) is 2.81. The summed E-state index contributed by atoms with van der Waals surface area (Å²) in [5, 5.41) is 3.35. The van der Waals surface area contributed by atoms with Gasteiger partial charge in [-0.3, -0.25) is 0 Å². The second kappa shape index (κ2) is 4.79. The van der Waals surface area contributed by atoms with Crippen molar-refractivity contribution in [2.45, 2.75) is 18.7 Å². The molecule has 0 atom stereocenters. The fraction of sp³-hybridized carbons (Fsp3) is 0.500. The van der Waals surface area contributed by atoms with Crippen LogP contribution in [0, 0.1) is 5.92 Å². The number of hydrogen-bond acceptors (Lipinski definition) is 3. The molecule has 0 spiro atoms. The highest BCUT2D eigenvalue weighted by molar-refractivity contribution is 7.99. The van der Waals surface area contributed by atoms with E-state index in [1.165, 1.54) is 10.6 Å². The zero-order valence-electron chi connectivity index (χ0n) is 9.25. The molecule has 15 heavy (non-hydrogen) atoms. The third-order valence-electron chi connectivity index (χ3n) is 2.21. The fourth-order valence-corrected chi connectivity index (χ4v) is 2.36. The van der Waals surface area contributed by atoms with Gasteiger partial charge >= 0.3 is 0 Å². The van der Waals surface area contributed by atoms with Crippen LogP contribution in [0.15, 0.2) is 23.1 Å². The van der Waals surface area contributed by atoms with Crippen molar-refractivity contribution in [2.24, 2.45) is 5.92 Å². The molecule has 1 N–H and O–H groups in total. The fourth-order valence-electron chi connectivity index (χ4n) is 1.47. The van der Waals surface area contributed by atoms with Crippen molar-refractivity contribution in [3.8, 4) is 5.75 Å². The maximum atomic E-state index is 5.53. The van der Waals surface area contributed by atoms with Crippen molar-refractivity contribution >= 4 is 17.4 Å². The molecule has 0 bridgehead atoms. The van der Waals surface area contributed by atoms with Gasteiger partial charge in [0.25, 0.3) is 0 Å². The number of benzene rings is 1. The Morgan fingerprint density at radius 1 is 1.47 bits per heavy atom. The Balaban J connectivity index is 2.07. The van der Waals surface area contributed by atoms with Gasteiger partial charge in [0, 0.05) is 17.2 Å². The summed E-state index contributed by atoms with van der Waals surface area (Å²) in [4.78, 5) is 1.32. The molecule has 1 heterocycles. The Bertz CT molecular complexity index is 338. The number of nitrogens with one attached hydrogen (secondary N) is 1. The molecule has 0 amide bonds. The third-order valence-corrected chi connectivity index (χ3v) is 3.63. The quantitative estimate of drug-likeness (QED) is 0.795. The highest BCUT2D eigenvalue weighted by Crippen LogP contribution is 2.32. The molecule has 0 saturated carbocycles. The topological polar surface area (TPSA) is 21.3 Å². The van der Waals surface area contributed by atoms with E-state index in [0.717, 1.165) is 30.5 Å². The van der Waals surface area contributed by atoms with E-state index in [1.54, 1.807) is 0 Å². The number of hydrogen-bond donors (Lipinski definition) is 1. The van der Waals surface area contributed by atoms with Crippen molar-refractivity contribution < 1.29 is 4.74 Å². The standard InChI is InChI=1S/C12H17NOS/c1-9(2)8-15-10-3-4-12-11(7-10)13-5-6-14-12/h3-4,7,9,13H,5-6,8H2,1-2H3. The molecule has 0 aromatic heterocycles. The van der Waals surface area contributed by atoms with Crippen molar-refractivity contribution in [2.75, 3.05) is 24.2 Å². The zero-order valence-corrected chi connectivity index (χ0v) is 10.1. The highest BCUT2D eigenvalue weighted by Gasteiger charge is 2.09. The van der Waals surface area contributed by atoms with Crippen LogP contribution < -0.4 is 10.1 Å². The molecule has 3 heteroatoms. The molecule has 1 aromatic carbocycles. The largest absolute Gasteiger partial charge is 0.490 e. The van der Waals surface area contributed by atoms with E-state index in [-0.39, 0.29) is 0 Å². The van der Waals surface area contributed by atoms with E-state index in [2.05, 4.69) is 37.4 Å². The number of thioether (sulfide) groups is 1. The lowest BCUT2D eigenvalue weighted by atomic mass is 10.2. The molecular weight excluding hydrogens is 206 g/mol. The lowest BCUT2D eigenvalue weighted by Gasteiger charge is -2.19. The van der Waals surface area contributed by atoms with Gasteiger partial charge in [-0.1, -0.05) is 13.8 Å². The van der Waals surface area contributed by atoms with Crippen LogP contribution in [-0.2, 0) is 0 Å². The molecule has 1 aliphatic heterocycles. The summed E-state index contributed by atoms with van der Waals surface area (Å²) in [5.74, 6) is 2.88. The van der Waals surface area contributed by atoms with Gasteiger partial charge in [0.05, 0.1) is 5.69 Å². The van der Waals surface area contributed by atoms with Gasteiger partial charge in [-0.2, -0.15) is 0 Å². The molecule has 2 rings (SSSR count). The SMILES string of the molecule is CC(C)CSc1ccc2c(c1)NCCO2. The number of anilines is 1. The van der Waals surface area contributed by atoms with Crippen molar-refractivity contribution in [1.29, 1.82) is 0 Å². The van der Waals surface area contributed by atoms with Crippen LogP contribution in [0.5, 0.6) is 5.75 Å². The molecule has 1 aromatic rings. The monoisotopic (exact) mass is 223 g/mol.